The van der Waals surface area contributed by atoms with Crippen LogP contribution in [0.15, 0.2) is 30.0 Å². The van der Waals surface area contributed by atoms with E-state index in [1.54, 1.807) is 22.2 Å². The zero-order valence-corrected chi connectivity index (χ0v) is 12.3. The molecule has 1 fully saturated rings. The van der Waals surface area contributed by atoms with E-state index < -0.39 is 0 Å². The van der Waals surface area contributed by atoms with Crippen LogP contribution in [0.2, 0.25) is 0 Å². The van der Waals surface area contributed by atoms with E-state index in [0.29, 0.717) is 0 Å². The third kappa shape index (κ3) is 2.47. The fraction of sp³-hybridized carbons (Fsp3) is 0.500. The van der Waals surface area contributed by atoms with Gasteiger partial charge in [-0.3, -0.25) is 9.48 Å². The molecule has 2 aromatic heterocycles. The smallest absolute Gasteiger partial charge is 0.247 e. The predicted octanol–water partition coefficient (Wildman–Crippen LogP) is 2.65. The summed E-state index contributed by atoms with van der Waals surface area (Å²) >= 11 is 1.63. The summed E-state index contributed by atoms with van der Waals surface area (Å²) in [6.07, 6.45) is 8.59. The van der Waals surface area contributed by atoms with Crippen molar-refractivity contribution in [2.45, 2.75) is 38.3 Å². The summed E-state index contributed by atoms with van der Waals surface area (Å²) in [6.45, 7) is 2.72. The molecule has 0 bridgehead atoms. The molecule has 2 atom stereocenters. The normalized spacial score (nSPS) is 20.9. The van der Waals surface area contributed by atoms with Crippen molar-refractivity contribution in [1.82, 2.24) is 19.7 Å². The summed E-state index contributed by atoms with van der Waals surface area (Å²) in [5.41, 5.74) is 0. The van der Waals surface area contributed by atoms with E-state index in [4.69, 9.17) is 0 Å². The third-order valence-electron chi connectivity index (χ3n) is 3.80. The van der Waals surface area contributed by atoms with Crippen LogP contribution in [0.4, 0.5) is 0 Å². The molecule has 2 aromatic rings. The molecule has 1 saturated heterocycles. The van der Waals surface area contributed by atoms with Gasteiger partial charge in [-0.1, -0.05) is 0 Å². The molecule has 3 heterocycles. The maximum atomic E-state index is 12.7. The Morgan fingerprint density at radius 3 is 3.05 bits per heavy atom. The van der Waals surface area contributed by atoms with Gasteiger partial charge in [-0.15, -0.1) is 11.3 Å². The molecule has 20 heavy (non-hydrogen) atoms. The molecular weight excluding hydrogens is 272 g/mol. The lowest BCUT2D eigenvalue weighted by Crippen LogP contribution is -2.42. The molecule has 1 aliphatic heterocycles. The quantitative estimate of drug-likeness (QED) is 0.873. The summed E-state index contributed by atoms with van der Waals surface area (Å²) in [5, 5.41) is 7.20. The Kier molecular flexibility index (Phi) is 3.82. The Labute approximate surface area is 122 Å². The Morgan fingerprint density at radius 1 is 1.45 bits per heavy atom. The number of aromatic nitrogens is 3. The van der Waals surface area contributed by atoms with Crippen molar-refractivity contribution >= 4 is 17.2 Å². The van der Waals surface area contributed by atoms with Gasteiger partial charge >= 0.3 is 0 Å². The van der Waals surface area contributed by atoms with Crippen LogP contribution in [0.3, 0.4) is 0 Å². The fourth-order valence-electron chi connectivity index (χ4n) is 2.71. The minimum atomic E-state index is -0.259. The summed E-state index contributed by atoms with van der Waals surface area (Å²) in [7, 11) is 0. The number of likely N-dealkylation sites (tertiary alicyclic amines) is 1. The minimum absolute atomic E-state index is 0.133. The van der Waals surface area contributed by atoms with E-state index in [2.05, 4.69) is 10.1 Å². The molecule has 1 amide bonds. The zero-order chi connectivity index (χ0) is 13.9. The minimum Gasteiger partial charge on any atom is -0.331 e. The van der Waals surface area contributed by atoms with Gasteiger partial charge in [-0.2, -0.15) is 5.10 Å². The van der Waals surface area contributed by atoms with Crippen molar-refractivity contribution in [3.63, 3.8) is 0 Å². The second-order valence-electron chi connectivity index (χ2n) is 5.08. The maximum Gasteiger partial charge on any atom is 0.247 e. The number of thiazole rings is 1. The van der Waals surface area contributed by atoms with E-state index in [1.165, 1.54) is 0 Å². The molecule has 5 nitrogen and oxygen atoms in total. The van der Waals surface area contributed by atoms with E-state index in [1.807, 2.05) is 35.7 Å². The number of nitrogens with zero attached hydrogens (tertiary/aromatic N) is 4. The third-order valence-corrected chi connectivity index (χ3v) is 4.68. The second-order valence-corrected chi connectivity index (χ2v) is 6.00. The van der Waals surface area contributed by atoms with Crippen LogP contribution in [-0.4, -0.2) is 32.1 Å². The van der Waals surface area contributed by atoms with Crippen molar-refractivity contribution in [3.05, 3.63) is 35.0 Å². The molecule has 6 heteroatoms. The zero-order valence-electron chi connectivity index (χ0n) is 11.5. The molecular formula is C14H18N4OS. The number of hydrogen-bond donors (Lipinski definition) is 0. The molecule has 0 aliphatic carbocycles. The van der Waals surface area contributed by atoms with Gasteiger partial charge in [-0.05, 0) is 32.3 Å². The molecule has 106 valence electrons. The van der Waals surface area contributed by atoms with Crippen LogP contribution in [0.25, 0.3) is 0 Å². The average molecular weight is 290 g/mol. The lowest BCUT2D eigenvalue weighted by atomic mass is 10.0. The molecule has 3 rings (SSSR count). The second kappa shape index (κ2) is 5.75. The first-order valence-electron chi connectivity index (χ1n) is 6.96. The first-order chi connectivity index (χ1) is 9.77. The highest BCUT2D eigenvalue weighted by Crippen LogP contribution is 2.33. The Bertz CT molecular complexity index is 552. The highest BCUT2D eigenvalue weighted by atomic mass is 32.1. The van der Waals surface area contributed by atoms with Gasteiger partial charge in [0.15, 0.2) is 0 Å². The number of carbonyl (C=O) groups excluding carboxylic acids is 1. The SMILES string of the molecule is C[C@H](C(=O)N1CCCC[C@@H]1c1nccs1)n1cccn1. The highest BCUT2D eigenvalue weighted by Gasteiger charge is 2.32. The molecule has 0 unspecified atom stereocenters. The van der Waals surface area contributed by atoms with Crippen LogP contribution in [0.1, 0.15) is 43.3 Å². The maximum absolute atomic E-state index is 12.7. The van der Waals surface area contributed by atoms with Crippen molar-refractivity contribution in [2.75, 3.05) is 6.54 Å². The molecule has 0 N–H and O–H groups in total. The van der Waals surface area contributed by atoms with Gasteiger partial charge in [0.1, 0.15) is 11.0 Å². The number of amides is 1. The summed E-state index contributed by atoms with van der Waals surface area (Å²) in [5.74, 6) is 0.133. The van der Waals surface area contributed by atoms with Crippen molar-refractivity contribution in [3.8, 4) is 0 Å². The topological polar surface area (TPSA) is 51.0 Å². The van der Waals surface area contributed by atoms with Gasteiger partial charge in [0.2, 0.25) is 5.91 Å². The van der Waals surface area contributed by atoms with E-state index in [0.717, 1.165) is 30.8 Å². The summed E-state index contributed by atoms with van der Waals surface area (Å²) in [4.78, 5) is 19.1. The lowest BCUT2D eigenvalue weighted by molar-refractivity contribution is -0.138. The Morgan fingerprint density at radius 2 is 2.35 bits per heavy atom. The van der Waals surface area contributed by atoms with Crippen molar-refractivity contribution in [1.29, 1.82) is 0 Å². The van der Waals surface area contributed by atoms with Crippen LogP contribution in [-0.2, 0) is 4.79 Å². The molecule has 0 spiro atoms. The number of carbonyl (C=O) groups is 1. The van der Waals surface area contributed by atoms with Crippen molar-refractivity contribution in [2.24, 2.45) is 0 Å². The first-order valence-corrected chi connectivity index (χ1v) is 7.84. The number of rotatable bonds is 3. The van der Waals surface area contributed by atoms with Crippen LogP contribution >= 0.6 is 11.3 Å². The van der Waals surface area contributed by atoms with Gasteiger partial charge in [0.05, 0.1) is 6.04 Å². The summed E-state index contributed by atoms with van der Waals surface area (Å²) < 4.78 is 1.72. The van der Waals surface area contributed by atoms with E-state index in [9.17, 15) is 4.79 Å². The largest absolute Gasteiger partial charge is 0.331 e. The van der Waals surface area contributed by atoms with Gasteiger partial charge in [-0.25, -0.2) is 4.98 Å². The van der Waals surface area contributed by atoms with Gasteiger partial charge in [0, 0.05) is 30.5 Å². The molecule has 1 aliphatic rings. The average Bonchev–Trinajstić information content (AvgIpc) is 3.18. The molecule has 0 aromatic carbocycles. The Hall–Kier alpha value is -1.69. The fourth-order valence-corrected chi connectivity index (χ4v) is 3.50. The Balaban J connectivity index is 1.81. The van der Waals surface area contributed by atoms with Crippen LogP contribution in [0.5, 0.6) is 0 Å². The van der Waals surface area contributed by atoms with Crippen LogP contribution in [0, 0.1) is 0 Å². The van der Waals surface area contributed by atoms with E-state index >= 15 is 0 Å². The molecule has 0 saturated carbocycles. The number of hydrogen-bond acceptors (Lipinski definition) is 4. The van der Waals surface area contributed by atoms with Gasteiger partial charge in [0.25, 0.3) is 0 Å². The van der Waals surface area contributed by atoms with Crippen molar-refractivity contribution < 1.29 is 4.79 Å². The predicted molar refractivity (Wildman–Crippen MR) is 77.4 cm³/mol. The number of piperidine rings is 1. The molecule has 0 radical (unpaired) electrons. The monoisotopic (exact) mass is 290 g/mol. The lowest BCUT2D eigenvalue weighted by Gasteiger charge is -2.36. The first kappa shape index (κ1) is 13.3. The standard InChI is InChI=1S/C14H18N4OS/c1-11(18-9-4-6-16-18)14(19)17-8-3-2-5-12(17)13-15-7-10-20-13/h4,6-7,9-12H,2-3,5,8H2,1H3/t11-,12-/m1/s1. The van der Waals surface area contributed by atoms with Gasteiger partial charge < -0.3 is 4.90 Å². The van der Waals surface area contributed by atoms with Crippen LogP contribution < -0.4 is 0 Å². The summed E-state index contributed by atoms with van der Waals surface area (Å²) in [6, 6.07) is 1.72. The highest BCUT2D eigenvalue weighted by molar-refractivity contribution is 7.09. The van der Waals surface area contributed by atoms with E-state index in [-0.39, 0.29) is 18.0 Å².